The number of amides is 2. The third-order valence-corrected chi connectivity index (χ3v) is 5.08. The Morgan fingerprint density at radius 3 is 2.45 bits per heavy atom. The number of halogens is 3. The molecule has 2 aromatic carbocycles. The molecule has 1 fully saturated rings. The molecule has 1 unspecified atom stereocenters. The fourth-order valence-electron chi connectivity index (χ4n) is 3.59. The van der Waals surface area contributed by atoms with Crippen molar-refractivity contribution in [3.63, 3.8) is 0 Å². The quantitative estimate of drug-likeness (QED) is 0.727. The number of benzene rings is 2. The van der Waals surface area contributed by atoms with Crippen LogP contribution in [0.3, 0.4) is 0 Å². The molecule has 1 aliphatic heterocycles. The fraction of sp³-hybridized carbons (Fsp3) is 0.391. The van der Waals surface area contributed by atoms with Crippen molar-refractivity contribution in [2.45, 2.75) is 44.9 Å². The fourth-order valence-corrected chi connectivity index (χ4v) is 3.59. The summed E-state index contributed by atoms with van der Waals surface area (Å²) in [6.07, 6.45) is -3.25. The molecule has 2 amide bonds. The van der Waals surface area contributed by atoms with Crippen LogP contribution in [-0.2, 0) is 6.18 Å². The lowest BCUT2D eigenvalue weighted by molar-refractivity contribution is -0.138. The van der Waals surface area contributed by atoms with E-state index in [0.717, 1.165) is 6.07 Å². The molecular formula is C23H25F3N2O3. The van der Waals surface area contributed by atoms with Gasteiger partial charge in [0.25, 0.3) is 11.8 Å². The zero-order chi connectivity index (χ0) is 22.6. The molecule has 3 rings (SSSR count). The monoisotopic (exact) mass is 434 g/mol. The van der Waals surface area contributed by atoms with Gasteiger partial charge in [0.05, 0.1) is 17.2 Å². The molecule has 31 heavy (non-hydrogen) atoms. The first-order valence-corrected chi connectivity index (χ1v) is 10.2. The molecule has 0 radical (unpaired) electrons. The van der Waals surface area contributed by atoms with Crippen LogP contribution in [-0.4, -0.2) is 41.9 Å². The average Bonchev–Trinajstić information content (AvgIpc) is 3.19. The van der Waals surface area contributed by atoms with Crippen LogP contribution in [0.2, 0.25) is 0 Å². The summed E-state index contributed by atoms with van der Waals surface area (Å²) in [5.41, 5.74) is -0.772. The molecular weight excluding hydrogens is 409 g/mol. The molecule has 2 aromatic rings. The Morgan fingerprint density at radius 2 is 1.81 bits per heavy atom. The summed E-state index contributed by atoms with van der Waals surface area (Å²) < 4.78 is 45.7. The summed E-state index contributed by atoms with van der Waals surface area (Å²) in [7, 11) is 0. The molecule has 0 aromatic heterocycles. The zero-order valence-corrected chi connectivity index (χ0v) is 17.4. The number of hydrogen-bond donors (Lipinski definition) is 1. The molecule has 166 valence electrons. The van der Waals surface area contributed by atoms with E-state index >= 15 is 0 Å². The Hall–Kier alpha value is -3.03. The second kappa shape index (κ2) is 9.41. The number of likely N-dealkylation sites (tertiary alicyclic amines) is 1. The lowest BCUT2D eigenvalue weighted by Crippen LogP contribution is -2.39. The highest BCUT2D eigenvalue weighted by atomic mass is 19.4. The zero-order valence-electron chi connectivity index (χ0n) is 17.4. The second-order valence-electron chi connectivity index (χ2n) is 7.80. The van der Waals surface area contributed by atoms with Crippen LogP contribution in [0.1, 0.15) is 53.0 Å². The lowest BCUT2D eigenvalue weighted by Gasteiger charge is -2.26. The number of nitrogens with one attached hydrogen (secondary N) is 1. The molecule has 0 saturated carbocycles. The van der Waals surface area contributed by atoms with Crippen LogP contribution < -0.4 is 10.1 Å². The largest absolute Gasteiger partial charge is 0.491 e. The molecule has 0 spiro atoms. The van der Waals surface area contributed by atoms with Gasteiger partial charge in [0.2, 0.25) is 0 Å². The Labute approximate surface area is 179 Å². The Bertz CT molecular complexity index is 926. The summed E-state index contributed by atoms with van der Waals surface area (Å²) in [6.45, 7) is 4.29. The van der Waals surface area contributed by atoms with Gasteiger partial charge in [0.15, 0.2) is 0 Å². The third-order valence-electron chi connectivity index (χ3n) is 5.08. The molecule has 1 aliphatic rings. The van der Waals surface area contributed by atoms with Crippen molar-refractivity contribution in [1.82, 2.24) is 10.2 Å². The van der Waals surface area contributed by atoms with E-state index in [2.05, 4.69) is 5.32 Å². The van der Waals surface area contributed by atoms with Crippen LogP contribution >= 0.6 is 0 Å². The van der Waals surface area contributed by atoms with Gasteiger partial charge in [-0.25, -0.2) is 0 Å². The normalized spacial score (nSPS) is 16.5. The van der Waals surface area contributed by atoms with Gasteiger partial charge in [0.1, 0.15) is 12.4 Å². The Kier molecular flexibility index (Phi) is 6.87. The van der Waals surface area contributed by atoms with Gasteiger partial charge >= 0.3 is 6.18 Å². The third kappa shape index (κ3) is 5.57. The van der Waals surface area contributed by atoms with Gasteiger partial charge < -0.3 is 15.0 Å². The van der Waals surface area contributed by atoms with Crippen molar-refractivity contribution in [2.24, 2.45) is 0 Å². The van der Waals surface area contributed by atoms with E-state index in [1.807, 2.05) is 13.8 Å². The van der Waals surface area contributed by atoms with Crippen molar-refractivity contribution < 1.29 is 27.5 Å². The smallest absolute Gasteiger partial charge is 0.417 e. The first-order chi connectivity index (χ1) is 14.7. The number of nitrogens with zero attached hydrogens (tertiary/aromatic N) is 1. The standard InChI is InChI=1S/C23H25F3N2O3/c1-15(2)27-21(29)16-9-11-18(12-10-16)31-14-17-6-5-13-28(17)22(30)19-7-3-4-8-20(19)23(24,25)26/h3-4,7-12,15,17H,5-6,13-14H2,1-2H3,(H,27,29). The highest BCUT2D eigenvalue weighted by molar-refractivity contribution is 5.96. The van der Waals surface area contributed by atoms with Crippen molar-refractivity contribution in [3.8, 4) is 5.75 Å². The number of ether oxygens (including phenoxy) is 1. The van der Waals surface area contributed by atoms with E-state index < -0.39 is 17.6 Å². The van der Waals surface area contributed by atoms with Crippen molar-refractivity contribution >= 4 is 11.8 Å². The van der Waals surface area contributed by atoms with E-state index in [1.54, 1.807) is 24.3 Å². The topological polar surface area (TPSA) is 58.6 Å². The van der Waals surface area contributed by atoms with Crippen LogP contribution in [0.15, 0.2) is 48.5 Å². The maximum absolute atomic E-state index is 13.3. The van der Waals surface area contributed by atoms with Gasteiger partial charge in [0, 0.05) is 18.2 Å². The van der Waals surface area contributed by atoms with Crippen LogP contribution in [0.4, 0.5) is 13.2 Å². The minimum absolute atomic E-state index is 0.0248. The summed E-state index contributed by atoms with van der Waals surface area (Å²) >= 11 is 0. The van der Waals surface area contributed by atoms with E-state index in [9.17, 15) is 22.8 Å². The molecule has 1 saturated heterocycles. The molecule has 0 bridgehead atoms. The molecule has 8 heteroatoms. The van der Waals surface area contributed by atoms with E-state index in [1.165, 1.54) is 23.1 Å². The van der Waals surface area contributed by atoms with Gasteiger partial charge in [-0.2, -0.15) is 13.2 Å². The van der Waals surface area contributed by atoms with Crippen molar-refractivity contribution in [2.75, 3.05) is 13.2 Å². The first kappa shape index (κ1) is 22.7. The number of rotatable bonds is 6. The van der Waals surface area contributed by atoms with Gasteiger partial charge in [-0.1, -0.05) is 12.1 Å². The van der Waals surface area contributed by atoms with E-state index in [4.69, 9.17) is 4.74 Å². The molecule has 5 nitrogen and oxygen atoms in total. The maximum atomic E-state index is 13.3. The number of alkyl halides is 3. The van der Waals surface area contributed by atoms with Crippen LogP contribution in [0.25, 0.3) is 0 Å². The van der Waals surface area contributed by atoms with Gasteiger partial charge in [-0.05, 0) is 63.1 Å². The predicted molar refractivity (Wildman–Crippen MR) is 110 cm³/mol. The highest BCUT2D eigenvalue weighted by Gasteiger charge is 2.38. The minimum Gasteiger partial charge on any atom is -0.491 e. The number of carbonyl (C=O) groups excluding carboxylic acids is 2. The summed E-state index contributed by atoms with van der Waals surface area (Å²) in [6, 6.07) is 11.2. The molecule has 0 aliphatic carbocycles. The summed E-state index contributed by atoms with van der Waals surface area (Å²) in [5, 5.41) is 2.80. The summed E-state index contributed by atoms with van der Waals surface area (Å²) in [4.78, 5) is 26.3. The predicted octanol–water partition coefficient (Wildman–Crippen LogP) is 4.53. The number of hydrogen-bond acceptors (Lipinski definition) is 3. The van der Waals surface area contributed by atoms with Crippen molar-refractivity contribution in [3.05, 3.63) is 65.2 Å². The highest BCUT2D eigenvalue weighted by Crippen LogP contribution is 2.33. The summed E-state index contributed by atoms with van der Waals surface area (Å²) in [5.74, 6) is -0.298. The first-order valence-electron chi connectivity index (χ1n) is 10.2. The van der Waals surface area contributed by atoms with Gasteiger partial charge in [-0.15, -0.1) is 0 Å². The minimum atomic E-state index is -4.60. The Balaban J connectivity index is 1.66. The second-order valence-corrected chi connectivity index (χ2v) is 7.80. The van der Waals surface area contributed by atoms with E-state index in [-0.39, 0.29) is 30.2 Å². The maximum Gasteiger partial charge on any atom is 0.417 e. The molecule has 1 atom stereocenters. The Morgan fingerprint density at radius 1 is 1.13 bits per heavy atom. The van der Waals surface area contributed by atoms with Gasteiger partial charge in [-0.3, -0.25) is 9.59 Å². The van der Waals surface area contributed by atoms with Crippen molar-refractivity contribution in [1.29, 1.82) is 0 Å². The number of carbonyl (C=O) groups is 2. The average molecular weight is 434 g/mol. The SMILES string of the molecule is CC(C)NC(=O)c1ccc(OCC2CCCN2C(=O)c2ccccc2C(F)(F)F)cc1. The van der Waals surface area contributed by atoms with Crippen LogP contribution in [0, 0.1) is 0 Å². The molecule has 1 N–H and O–H groups in total. The lowest BCUT2D eigenvalue weighted by atomic mass is 10.1. The van der Waals surface area contributed by atoms with Crippen LogP contribution in [0.5, 0.6) is 5.75 Å². The molecule has 1 heterocycles. The van der Waals surface area contributed by atoms with E-state index in [0.29, 0.717) is 30.7 Å².